The van der Waals surface area contributed by atoms with E-state index >= 15 is 0 Å². The van der Waals surface area contributed by atoms with Gasteiger partial charge in [-0.15, -0.1) is 0 Å². The van der Waals surface area contributed by atoms with Crippen LogP contribution in [0.4, 0.5) is 5.82 Å². The van der Waals surface area contributed by atoms with Crippen LogP contribution in [-0.2, 0) is 4.74 Å². The van der Waals surface area contributed by atoms with Gasteiger partial charge in [-0.3, -0.25) is 4.98 Å². The Morgan fingerprint density at radius 1 is 1.33 bits per heavy atom. The molecule has 1 aromatic carbocycles. The number of anilines is 1. The molecule has 0 bridgehead atoms. The molecular weight excluding hydrogens is 313 g/mol. The van der Waals surface area contributed by atoms with Gasteiger partial charge in [0, 0.05) is 10.0 Å². The Kier molecular flexibility index (Phi) is 4.98. The molecule has 0 aliphatic carbocycles. The second-order valence-electron chi connectivity index (χ2n) is 4.31. The first-order valence-electron chi connectivity index (χ1n) is 6.13. The predicted molar refractivity (Wildman–Crippen MR) is 81.9 cm³/mol. The number of benzene rings is 1. The van der Waals surface area contributed by atoms with Crippen molar-refractivity contribution in [2.24, 2.45) is 0 Å². The summed E-state index contributed by atoms with van der Waals surface area (Å²) in [6.07, 6.45) is 2.86. The molecule has 0 saturated carbocycles. The number of methoxy groups -OCH3 is 1. The highest BCUT2D eigenvalue weighted by atomic mass is 35.5. The van der Waals surface area contributed by atoms with Gasteiger partial charge in [0.2, 0.25) is 0 Å². The van der Waals surface area contributed by atoms with Gasteiger partial charge in [-0.1, -0.05) is 29.3 Å². The predicted octanol–water partition coefficient (Wildman–Crippen LogP) is 3.74. The third-order valence-corrected chi connectivity index (χ3v) is 3.38. The Morgan fingerprint density at radius 3 is 2.76 bits per heavy atom. The van der Waals surface area contributed by atoms with Crippen LogP contribution in [0.15, 0.2) is 30.6 Å². The molecule has 1 atom stereocenters. The van der Waals surface area contributed by atoms with Crippen molar-refractivity contribution in [1.29, 1.82) is 0 Å². The summed E-state index contributed by atoms with van der Waals surface area (Å²) in [5.41, 5.74) is 1.00. The fourth-order valence-corrected chi connectivity index (χ4v) is 2.36. The Bertz CT molecular complexity index is 664. The van der Waals surface area contributed by atoms with Crippen molar-refractivity contribution < 1.29 is 9.53 Å². The fourth-order valence-electron chi connectivity index (χ4n) is 1.79. The Labute approximate surface area is 132 Å². The molecule has 1 heterocycles. The number of ether oxygens (including phenoxy) is 1. The fraction of sp³-hybridized carbons (Fsp3) is 0.214. The average molecular weight is 326 g/mol. The largest absolute Gasteiger partial charge is 0.464 e. The molecule has 0 spiro atoms. The summed E-state index contributed by atoms with van der Waals surface area (Å²) in [4.78, 5) is 19.5. The standard InChI is InChI=1S/C14H13Cl2N3O2/c1-8(10-4-3-9(15)5-11(10)16)18-13-7-17-6-12(19-13)14(20)21-2/h3-8H,1-2H3,(H,18,19). The van der Waals surface area contributed by atoms with Crippen LogP contribution in [0, 0.1) is 0 Å². The first-order valence-corrected chi connectivity index (χ1v) is 6.88. The van der Waals surface area contributed by atoms with Gasteiger partial charge in [0.15, 0.2) is 5.69 Å². The maximum absolute atomic E-state index is 11.4. The highest BCUT2D eigenvalue weighted by Gasteiger charge is 2.13. The highest BCUT2D eigenvalue weighted by molar-refractivity contribution is 6.35. The SMILES string of the molecule is COC(=O)c1cncc(NC(C)c2ccc(Cl)cc2Cl)n1. The molecule has 0 saturated heterocycles. The van der Waals surface area contributed by atoms with Gasteiger partial charge in [0.05, 0.1) is 25.5 Å². The zero-order chi connectivity index (χ0) is 15.4. The van der Waals surface area contributed by atoms with E-state index in [9.17, 15) is 4.79 Å². The zero-order valence-corrected chi connectivity index (χ0v) is 12.9. The van der Waals surface area contributed by atoms with Crippen LogP contribution in [0.2, 0.25) is 10.0 Å². The van der Waals surface area contributed by atoms with Crippen molar-refractivity contribution in [3.63, 3.8) is 0 Å². The summed E-state index contributed by atoms with van der Waals surface area (Å²) in [7, 11) is 1.29. The normalized spacial score (nSPS) is 11.8. The van der Waals surface area contributed by atoms with Crippen LogP contribution >= 0.6 is 23.2 Å². The smallest absolute Gasteiger partial charge is 0.358 e. The number of esters is 1. The Balaban J connectivity index is 2.19. The molecule has 7 heteroatoms. The number of rotatable bonds is 4. The number of hydrogen-bond donors (Lipinski definition) is 1. The molecule has 2 aromatic rings. The quantitative estimate of drug-likeness (QED) is 0.867. The topological polar surface area (TPSA) is 64.1 Å². The lowest BCUT2D eigenvalue weighted by Crippen LogP contribution is -2.12. The minimum Gasteiger partial charge on any atom is -0.464 e. The molecule has 5 nitrogen and oxygen atoms in total. The number of aromatic nitrogens is 2. The number of carbonyl (C=O) groups excluding carboxylic acids is 1. The van der Waals surface area contributed by atoms with Crippen molar-refractivity contribution in [2.75, 3.05) is 12.4 Å². The van der Waals surface area contributed by atoms with Gasteiger partial charge < -0.3 is 10.1 Å². The maximum atomic E-state index is 11.4. The van der Waals surface area contributed by atoms with Crippen LogP contribution < -0.4 is 5.32 Å². The van der Waals surface area contributed by atoms with Crippen molar-refractivity contribution in [3.8, 4) is 0 Å². The van der Waals surface area contributed by atoms with Crippen LogP contribution in [-0.4, -0.2) is 23.0 Å². The molecule has 0 radical (unpaired) electrons. The third-order valence-electron chi connectivity index (χ3n) is 2.82. The van der Waals surface area contributed by atoms with Crippen molar-refractivity contribution in [3.05, 3.63) is 51.9 Å². The number of carbonyl (C=O) groups is 1. The van der Waals surface area contributed by atoms with Crippen molar-refractivity contribution >= 4 is 35.0 Å². The summed E-state index contributed by atoms with van der Waals surface area (Å²) in [5.74, 6) is -0.0836. The number of hydrogen-bond acceptors (Lipinski definition) is 5. The van der Waals surface area contributed by atoms with E-state index in [2.05, 4.69) is 20.0 Å². The van der Waals surface area contributed by atoms with Gasteiger partial charge in [-0.25, -0.2) is 9.78 Å². The average Bonchev–Trinajstić information content (AvgIpc) is 2.46. The van der Waals surface area contributed by atoms with E-state index in [1.807, 2.05) is 13.0 Å². The van der Waals surface area contributed by atoms with Crippen LogP contribution in [0.1, 0.15) is 29.0 Å². The summed E-state index contributed by atoms with van der Waals surface area (Å²) in [6.45, 7) is 1.92. The summed E-state index contributed by atoms with van der Waals surface area (Å²) in [6, 6.07) is 5.14. The Hall–Kier alpha value is -1.85. The highest BCUT2D eigenvalue weighted by Crippen LogP contribution is 2.27. The summed E-state index contributed by atoms with van der Waals surface area (Å²) < 4.78 is 4.61. The van der Waals surface area contributed by atoms with Gasteiger partial charge >= 0.3 is 5.97 Å². The Morgan fingerprint density at radius 2 is 2.10 bits per heavy atom. The van der Waals surface area contributed by atoms with E-state index in [1.165, 1.54) is 19.5 Å². The van der Waals surface area contributed by atoms with Gasteiger partial charge in [0.25, 0.3) is 0 Å². The van der Waals surface area contributed by atoms with Crippen LogP contribution in [0.3, 0.4) is 0 Å². The van der Waals surface area contributed by atoms with E-state index in [4.69, 9.17) is 23.2 Å². The van der Waals surface area contributed by atoms with Crippen LogP contribution in [0.5, 0.6) is 0 Å². The molecule has 1 unspecified atom stereocenters. The minimum absolute atomic E-state index is 0.128. The molecule has 2 rings (SSSR count). The molecule has 1 aromatic heterocycles. The minimum atomic E-state index is -0.539. The zero-order valence-electron chi connectivity index (χ0n) is 11.4. The lowest BCUT2D eigenvalue weighted by Gasteiger charge is -2.16. The monoisotopic (exact) mass is 325 g/mol. The van der Waals surface area contributed by atoms with Crippen molar-refractivity contribution in [2.45, 2.75) is 13.0 Å². The lowest BCUT2D eigenvalue weighted by atomic mass is 10.1. The van der Waals surface area contributed by atoms with Crippen molar-refractivity contribution in [1.82, 2.24) is 9.97 Å². The summed E-state index contributed by atoms with van der Waals surface area (Å²) >= 11 is 12.0. The molecule has 21 heavy (non-hydrogen) atoms. The van der Waals surface area contributed by atoms with E-state index < -0.39 is 5.97 Å². The molecule has 0 aliphatic heterocycles. The second kappa shape index (κ2) is 6.74. The number of nitrogens with zero attached hydrogens (tertiary/aromatic N) is 2. The third kappa shape index (κ3) is 3.83. The molecule has 0 amide bonds. The van der Waals surface area contributed by atoms with E-state index in [0.717, 1.165) is 5.56 Å². The maximum Gasteiger partial charge on any atom is 0.358 e. The van der Waals surface area contributed by atoms with Gasteiger partial charge in [-0.2, -0.15) is 0 Å². The first-order chi connectivity index (χ1) is 10.0. The second-order valence-corrected chi connectivity index (χ2v) is 5.16. The molecule has 0 fully saturated rings. The molecule has 110 valence electrons. The van der Waals surface area contributed by atoms with Gasteiger partial charge in [-0.05, 0) is 24.6 Å². The number of halogens is 2. The van der Waals surface area contributed by atoms with Gasteiger partial charge in [0.1, 0.15) is 5.82 Å². The first kappa shape index (κ1) is 15.5. The molecular formula is C14H13Cl2N3O2. The molecule has 0 aliphatic rings. The summed E-state index contributed by atoms with van der Waals surface area (Å²) in [5, 5.41) is 4.26. The van der Waals surface area contributed by atoms with Crippen LogP contribution in [0.25, 0.3) is 0 Å². The molecule has 1 N–H and O–H groups in total. The van der Waals surface area contributed by atoms with E-state index in [1.54, 1.807) is 12.1 Å². The number of nitrogens with one attached hydrogen (secondary N) is 1. The lowest BCUT2D eigenvalue weighted by molar-refractivity contribution is 0.0593. The van der Waals surface area contributed by atoms with E-state index in [-0.39, 0.29) is 11.7 Å². The van der Waals surface area contributed by atoms with E-state index in [0.29, 0.717) is 15.9 Å².